The summed E-state index contributed by atoms with van der Waals surface area (Å²) in [5, 5.41) is 9.50. The van der Waals surface area contributed by atoms with Gasteiger partial charge in [-0.05, 0) is 50.2 Å². The van der Waals surface area contributed by atoms with Gasteiger partial charge < -0.3 is 15.2 Å². The van der Waals surface area contributed by atoms with Crippen molar-refractivity contribution in [2.24, 2.45) is 0 Å². The predicted molar refractivity (Wildman–Crippen MR) is 93.2 cm³/mol. The molecule has 0 aliphatic rings. The zero-order chi connectivity index (χ0) is 17.8. The Kier molecular flexibility index (Phi) is 4.56. The highest BCUT2D eigenvalue weighted by Crippen LogP contribution is 2.18. The van der Waals surface area contributed by atoms with Crippen LogP contribution in [-0.4, -0.2) is 21.8 Å². The molecular formula is C18H16N4O3. The summed E-state index contributed by atoms with van der Waals surface area (Å²) in [7, 11) is 0. The lowest BCUT2D eigenvalue weighted by atomic mass is 10.1. The van der Waals surface area contributed by atoms with E-state index >= 15 is 0 Å². The van der Waals surface area contributed by atoms with Crippen LogP contribution in [0, 0.1) is 6.92 Å². The molecule has 0 saturated carbocycles. The lowest BCUT2D eigenvalue weighted by Gasteiger charge is -2.08. The van der Waals surface area contributed by atoms with Crippen molar-refractivity contribution >= 4 is 28.9 Å². The van der Waals surface area contributed by atoms with Crippen molar-refractivity contribution in [3.05, 3.63) is 65.7 Å². The van der Waals surface area contributed by atoms with Gasteiger partial charge in [-0.15, -0.1) is 0 Å². The number of carbonyl (C=O) groups excluding carboxylic acids is 2. The van der Waals surface area contributed by atoms with E-state index in [-0.39, 0.29) is 17.4 Å². The molecule has 0 saturated heterocycles. The molecule has 0 unspecified atom stereocenters. The number of nitrogens with zero attached hydrogens (tertiary/aromatic N) is 2. The van der Waals surface area contributed by atoms with Gasteiger partial charge >= 0.3 is 0 Å². The molecule has 0 aliphatic heterocycles. The number of hydrogen-bond acceptors (Lipinski definition) is 6. The first-order valence-electron chi connectivity index (χ1n) is 7.60. The van der Waals surface area contributed by atoms with Crippen molar-refractivity contribution in [3.8, 4) is 0 Å². The average molecular weight is 336 g/mol. The SMILES string of the molecule is CC(=O)c1ccc(Nc2ccnc(C(=O)Nc3cc(C)on3)c2)cc1. The summed E-state index contributed by atoms with van der Waals surface area (Å²) in [6.07, 6.45) is 1.54. The molecule has 2 aromatic heterocycles. The lowest BCUT2D eigenvalue weighted by Crippen LogP contribution is -2.14. The molecule has 0 atom stereocenters. The predicted octanol–water partition coefficient (Wildman–Crippen LogP) is 3.58. The van der Waals surface area contributed by atoms with E-state index in [2.05, 4.69) is 20.8 Å². The van der Waals surface area contributed by atoms with Gasteiger partial charge in [-0.2, -0.15) is 0 Å². The van der Waals surface area contributed by atoms with Crippen molar-refractivity contribution in [1.29, 1.82) is 0 Å². The number of rotatable bonds is 5. The number of Topliss-reactive ketones (excluding diaryl/α,β-unsaturated/α-hetero) is 1. The van der Waals surface area contributed by atoms with Gasteiger partial charge in [-0.1, -0.05) is 5.16 Å². The molecule has 3 aromatic rings. The van der Waals surface area contributed by atoms with Crippen LogP contribution in [0.15, 0.2) is 53.2 Å². The van der Waals surface area contributed by atoms with Gasteiger partial charge in [0.05, 0.1) is 0 Å². The van der Waals surface area contributed by atoms with Crippen LogP contribution in [0.1, 0.15) is 33.5 Å². The van der Waals surface area contributed by atoms with Crippen LogP contribution in [0.5, 0.6) is 0 Å². The standard InChI is InChI=1S/C18H16N4O3/c1-11-9-17(22-25-11)21-18(24)16-10-15(7-8-19-16)20-14-5-3-13(4-6-14)12(2)23/h3-10H,1-2H3,(H,19,20)(H,21,22,24). The Labute approximate surface area is 144 Å². The first-order chi connectivity index (χ1) is 12.0. The number of carbonyl (C=O) groups is 2. The van der Waals surface area contributed by atoms with E-state index in [9.17, 15) is 9.59 Å². The Balaban J connectivity index is 1.72. The summed E-state index contributed by atoms with van der Waals surface area (Å²) < 4.78 is 4.91. The molecule has 126 valence electrons. The maximum Gasteiger partial charge on any atom is 0.275 e. The van der Waals surface area contributed by atoms with Crippen LogP contribution in [-0.2, 0) is 0 Å². The number of pyridine rings is 1. The smallest absolute Gasteiger partial charge is 0.275 e. The van der Waals surface area contributed by atoms with Crippen LogP contribution >= 0.6 is 0 Å². The summed E-state index contributed by atoms with van der Waals surface area (Å²) in [5.74, 6) is 0.566. The molecule has 0 radical (unpaired) electrons. The third kappa shape index (κ3) is 4.08. The van der Waals surface area contributed by atoms with E-state index in [1.165, 1.54) is 13.1 Å². The first kappa shape index (κ1) is 16.4. The monoisotopic (exact) mass is 336 g/mol. The van der Waals surface area contributed by atoms with E-state index in [1.807, 2.05) is 0 Å². The Hall–Kier alpha value is -3.48. The van der Waals surface area contributed by atoms with Gasteiger partial charge in [0.2, 0.25) is 0 Å². The quantitative estimate of drug-likeness (QED) is 0.691. The lowest BCUT2D eigenvalue weighted by molar-refractivity contribution is 0.101. The zero-order valence-electron chi connectivity index (χ0n) is 13.7. The summed E-state index contributed by atoms with van der Waals surface area (Å²) in [6, 6.07) is 12.1. The van der Waals surface area contributed by atoms with Gasteiger partial charge in [-0.25, -0.2) is 0 Å². The summed E-state index contributed by atoms with van der Waals surface area (Å²) >= 11 is 0. The topological polar surface area (TPSA) is 97.1 Å². The molecule has 2 heterocycles. The molecule has 0 spiro atoms. The van der Waals surface area contributed by atoms with Crippen LogP contribution in [0.25, 0.3) is 0 Å². The molecular weight excluding hydrogens is 320 g/mol. The van der Waals surface area contributed by atoms with Crippen molar-refractivity contribution in [2.45, 2.75) is 13.8 Å². The van der Waals surface area contributed by atoms with Crippen LogP contribution in [0.2, 0.25) is 0 Å². The number of benzene rings is 1. The molecule has 1 amide bonds. The van der Waals surface area contributed by atoms with Gasteiger partial charge in [0.1, 0.15) is 11.5 Å². The largest absolute Gasteiger partial charge is 0.360 e. The second kappa shape index (κ2) is 6.96. The molecule has 0 bridgehead atoms. The fourth-order valence-electron chi connectivity index (χ4n) is 2.19. The van der Waals surface area contributed by atoms with Gasteiger partial charge in [0.15, 0.2) is 11.6 Å². The van der Waals surface area contributed by atoms with Crippen molar-refractivity contribution in [1.82, 2.24) is 10.1 Å². The number of aromatic nitrogens is 2. The fourth-order valence-corrected chi connectivity index (χ4v) is 2.19. The van der Waals surface area contributed by atoms with E-state index in [1.54, 1.807) is 49.4 Å². The normalized spacial score (nSPS) is 10.3. The van der Waals surface area contributed by atoms with Crippen molar-refractivity contribution in [3.63, 3.8) is 0 Å². The molecule has 7 nitrogen and oxygen atoms in total. The van der Waals surface area contributed by atoms with Gasteiger partial charge in [-0.3, -0.25) is 14.6 Å². The van der Waals surface area contributed by atoms with E-state index in [0.29, 0.717) is 22.8 Å². The van der Waals surface area contributed by atoms with Crippen LogP contribution < -0.4 is 10.6 Å². The first-order valence-corrected chi connectivity index (χ1v) is 7.60. The maximum absolute atomic E-state index is 12.2. The highest BCUT2D eigenvalue weighted by Gasteiger charge is 2.11. The molecule has 7 heteroatoms. The Morgan fingerprint density at radius 2 is 1.80 bits per heavy atom. The van der Waals surface area contributed by atoms with Gasteiger partial charge in [0, 0.05) is 29.2 Å². The van der Waals surface area contributed by atoms with E-state index < -0.39 is 0 Å². The number of ketones is 1. The highest BCUT2D eigenvalue weighted by molar-refractivity contribution is 6.02. The number of hydrogen-bond donors (Lipinski definition) is 2. The van der Waals surface area contributed by atoms with E-state index in [4.69, 9.17) is 4.52 Å². The molecule has 0 aliphatic carbocycles. The maximum atomic E-state index is 12.2. The number of anilines is 3. The molecule has 25 heavy (non-hydrogen) atoms. The Morgan fingerprint density at radius 1 is 1.04 bits per heavy atom. The number of nitrogens with one attached hydrogen (secondary N) is 2. The van der Waals surface area contributed by atoms with Crippen LogP contribution in [0.4, 0.5) is 17.2 Å². The minimum atomic E-state index is -0.385. The molecule has 3 rings (SSSR count). The summed E-state index contributed by atoms with van der Waals surface area (Å²) in [5.41, 5.74) is 2.39. The third-order valence-corrected chi connectivity index (χ3v) is 3.44. The fraction of sp³-hybridized carbons (Fsp3) is 0.111. The minimum absolute atomic E-state index is 0.0116. The van der Waals surface area contributed by atoms with Crippen molar-refractivity contribution < 1.29 is 14.1 Å². The summed E-state index contributed by atoms with van der Waals surface area (Å²) in [4.78, 5) is 27.6. The Bertz CT molecular complexity index is 916. The molecule has 2 N–H and O–H groups in total. The second-order valence-electron chi connectivity index (χ2n) is 5.47. The molecule has 1 aromatic carbocycles. The summed E-state index contributed by atoms with van der Waals surface area (Å²) in [6.45, 7) is 3.26. The number of aryl methyl sites for hydroxylation is 1. The zero-order valence-corrected chi connectivity index (χ0v) is 13.7. The van der Waals surface area contributed by atoms with Gasteiger partial charge in [0.25, 0.3) is 5.91 Å². The highest BCUT2D eigenvalue weighted by atomic mass is 16.5. The number of amides is 1. The molecule has 0 fully saturated rings. The van der Waals surface area contributed by atoms with Crippen LogP contribution in [0.3, 0.4) is 0 Å². The Morgan fingerprint density at radius 3 is 2.44 bits per heavy atom. The van der Waals surface area contributed by atoms with E-state index in [0.717, 1.165) is 5.69 Å². The minimum Gasteiger partial charge on any atom is -0.360 e. The van der Waals surface area contributed by atoms with Crippen molar-refractivity contribution in [2.75, 3.05) is 10.6 Å². The third-order valence-electron chi connectivity index (χ3n) is 3.44. The average Bonchev–Trinajstić information content (AvgIpc) is 3.00. The second-order valence-corrected chi connectivity index (χ2v) is 5.47.